The van der Waals surface area contributed by atoms with Crippen LogP contribution in [0.5, 0.6) is 0 Å². The van der Waals surface area contributed by atoms with Crippen LogP contribution in [0.3, 0.4) is 0 Å². The Labute approximate surface area is 169 Å². The average molecular weight is 394 g/mol. The van der Waals surface area contributed by atoms with Gasteiger partial charge in [-0.1, -0.05) is 29.1 Å². The number of aryl methyl sites for hydroxylation is 2. The number of hydrogen-bond acceptors (Lipinski definition) is 7. The highest BCUT2D eigenvalue weighted by atomic mass is 32.2. The van der Waals surface area contributed by atoms with Crippen molar-refractivity contribution in [3.8, 4) is 11.4 Å². The van der Waals surface area contributed by atoms with Crippen LogP contribution in [-0.2, 0) is 11.3 Å². The lowest BCUT2D eigenvalue weighted by Crippen LogP contribution is -2.02. The molecule has 0 unspecified atom stereocenters. The van der Waals surface area contributed by atoms with Gasteiger partial charge in [0.25, 0.3) is 0 Å². The Morgan fingerprint density at radius 2 is 1.86 bits per heavy atom. The van der Waals surface area contributed by atoms with E-state index < -0.39 is 0 Å². The zero-order valence-electron chi connectivity index (χ0n) is 16.3. The molecule has 0 fully saturated rings. The first-order valence-corrected chi connectivity index (χ1v) is 10.3. The summed E-state index contributed by atoms with van der Waals surface area (Å²) in [5.74, 6) is 0. The van der Waals surface area contributed by atoms with Gasteiger partial charge in [0.2, 0.25) is 0 Å². The molecule has 0 aliphatic rings. The van der Waals surface area contributed by atoms with E-state index in [1.54, 1.807) is 6.20 Å². The topological polar surface area (TPSA) is 73.2 Å². The van der Waals surface area contributed by atoms with Gasteiger partial charge < -0.3 is 4.84 Å². The maximum absolute atomic E-state index is 5.45. The average Bonchev–Trinajstić information content (AvgIpc) is 2.73. The molecular weight excluding hydrogens is 370 g/mol. The van der Waals surface area contributed by atoms with Crippen molar-refractivity contribution in [1.82, 2.24) is 19.9 Å². The normalized spacial score (nSPS) is 11.5. The van der Waals surface area contributed by atoms with Crippen LogP contribution >= 0.6 is 11.8 Å². The van der Waals surface area contributed by atoms with Crippen molar-refractivity contribution in [2.45, 2.75) is 31.8 Å². The Balaban J connectivity index is 1.53. The molecule has 0 aliphatic carbocycles. The molecule has 0 saturated heterocycles. The van der Waals surface area contributed by atoms with Gasteiger partial charge in [-0.2, -0.15) is 0 Å². The molecule has 0 spiro atoms. The Morgan fingerprint density at radius 1 is 1.04 bits per heavy atom. The molecule has 0 atom stereocenters. The summed E-state index contributed by atoms with van der Waals surface area (Å²) < 4.78 is 0. The van der Waals surface area contributed by atoms with Crippen LogP contribution in [0.25, 0.3) is 11.4 Å². The predicted octanol–water partition coefficient (Wildman–Crippen LogP) is 4.34. The van der Waals surface area contributed by atoms with Crippen molar-refractivity contribution in [2.75, 3.05) is 12.9 Å². The second-order valence-corrected chi connectivity index (χ2v) is 6.99. The van der Waals surface area contributed by atoms with Gasteiger partial charge in [-0.25, -0.2) is 9.97 Å². The van der Waals surface area contributed by atoms with E-state index in [0.29, 0.717) is 6.61 Å². The number of pyridine rings is 2. The number of nitrogens with zero attached hydrogens (tertiary/aromatic N) is 5. The Morgan fingerprint density at radius 3 is 2.68 bits per heavy atom. The molecule has 0 saturated carbocycles. The van der Waals surface area contributed by atoms with Gasteiger partial charge in [0.15, 0.2) is 5.16 Å². The summed E-state index contributed by atoms with van der Waals surface area (Å²) in [4.78, 5) is 23.3. The summed E-state index contributed by atoms with van der Waals surface area (Å²) in [5, 5.41) is 4.91. The van der Waals surface area contributed by atoms with E-state index in [2.05, 4.69) is 20.1 Å². The van der Waals surface area contributed by atoms with Crippen LogP contribution in [0.1, 0.15) is 30.4 Å². The first kappa shape index (κ1) is 19.9. The summed E-state index contributed by atoms with van der Waals surface area (Å²) in [7, 11) is 0. The van der Waals surface area contributed by atoms with Crippen molar-refractivity contribution in [2.24, 2.45) is 5.16 Å². The molecule has 6 nitrogen and oxygen atoms in total. The summed E-state index contributed by atoms with van der Waals surface area (Å²) in [5.41, 5.74) is 5.28. The lowest BCUT2D eigenvalue weighted by molar-refractivity contribution is 0.141. The van der Waals surface area contributed by atoms with Gasteiger partial charge >= 0.3 is 0 Å². The minimum atomic E-state index is 0.527. The lowest BCUT2D eigenvalue weighted by Gasteiger charge is -2.05. The molecule has 144 valence electrons. The van der Waals surface area contributed by atoms with Crippen molar-refractivity contribution >= 4 is 17.5 Å². The fraction of sp³-hybridized carbons (Fsp3) is 0.286. The second kappa shape index (κ2) is 9.94. The van der Waals surface area contributed by atoms with Crippen LogP contribution in [0.4, 0.5) is 0 Å². The van der Waals surface area contributed by atoms with Gasteiger partial charge in [0, 0.05) is 17.6 Å². The number of aromatic nitrogens is 4. The molecule has 3 heterocycles. The SMILES string of the molecule is CSc1nccc(-c2cccc(CCCO/N=C(\C)c3cccc(C)n3)n2)n1. The molecule has 0 bridgehead atoms. The standard InChI is InChI=1S/C21H23N5OS/c1-15-7-4-10-18(23-15)16(2)26-27-14-6-9-17-8-5-11-19(24-17)20-12-13-22-21(25-20)28-3/h4-5,7-8,10-13H,6,9,14H2,1-3H3/b26-16+. The first-order chi connectivity index (χ1) is 13.7. The Bertz CT molecular complexity index is 961. The maximum Gasteiger partial charge on any atom is 0.187 e. The molecule has 3 aromatic heterocycles. The molecule has 7 heteroatoms. The second-order valence-electron chi connectivity index (χ2n) is 6.22. The van der Waals surface area contributed by atoms with Crippen LogP contribution in [0.2, 0.25) is 0 Å². The van der Waals surface area contributed by atoms with E-state index in [1.165, 1.54) is 11.8 Å². The van der Waals surface area contributed by atoms with Gasteiger partial charge in [-0.15, -0.1) is 0 Å². The fourth-order valence-electron chi connectivity index (χ4n) is 2.59. The van der Waals surface area contributed by atoms with Gasteiger partial charge in [0.1, 0.15) is 12.3 Å². The molecule has 0 radical (unpaired) electrons. The van der Waals surface area contributed by atoms with Crippen molar-refractivity contribution in [1.29, 1.82) is 0 Å². The molecule has 0 aliphatic heterocycles. The summed E-state index contributed by atoms with van der Waals surface area (Å²) in [6.45, 7) is 4.39. The predicted molar refractivity (Wildman–Crippen MR) is 113 cm³/mol. The summed E-state index contributed by atoms with van der Waals surface area (Å²) >= 11 is 1.52. The maximum atomic E-state index is 5.45. The molecule has 28 heavy (non-hydrogen) atoms. The number of thioether (sulfide) groups is 1. The third-order valence-electron chi connectivity index (χ3n) is 4.01. The van der Waals surface area contributed by atoms with Crippen LogP contribution in [0.15, 0.2) is 59.0 Å². The Kier molecular flexibility index (Phi) is 7.08. The van der Waals surface area contributed by atoms with Gasteiger partial charge in [-0.3, -0.25) is 9.97 Å². The molecular formula is C21H23N5OS. The smallest absolute Gasteiger partial charge is 0.187 e. The Hall–Kier alpha value is -2.80. The van der Waals surface area contributed by atoms with E-state index in [0.717, 1.165) is 52.2 Å². The summed E-state index contributed by atoms with van der Waals surface area (Å²) in [6, 6.07) is 13.7. The first-order valence-electron chi connectivity index (χ1n) is 9.09. The zero-order valence-corrected chi connectivity index (χ0v) is 17.1. The highest BCUT2D eigenvalue weighted by Gasteiger charge is 2.05. The fourth-order valence-corrected chi connectivity index (χ4v) is 2.95. The third kappa shape index (κ3) is 5.60. The van der Waals surface area contributed by atoms with E-state index in [9.17, 15) is 0 Å². The van der Waals surface area contributed by atoms with Crippen molar-refractivity contribution in [3.05, 3.63) is 65.7 Å². The van der Waals surface area contributed by atoms with Crippen molar-refractivity contribution in [3.63, 3.8) is 0 Å². The molecule has 3 aromatic rings. The highest BCUT2D eigenvalue weighted by Crippen LogP contribution is 2.17. The third-order valence-corrected chi connectivity index (χ3v) is 4.58. The van der Waals surface area contributed by atoms with E-state index in [-0.39, 0.29) is 0 Å². The molecule has 0 aromatic carbocycles. The highest BCUT2D eigenvalue weighted by molar-refractivity contribution is 7.98. The quantitative estimate of drug-likeness (QED) is 0.186. The van der Waals surface area contributed by atoms with Crippen LogP contribution in [-0.4, -0.2) is 38.5 Å². The minimum Gasteiger partial charge on any atom is -0.396 e. The minimum absolute atomic E-state index is 0.527. The van der Waals surface area contributed by atoms with E-state index in [1.807, 2.05) is 62.6 Å². The van der Waals surface area contributed by atoms with Gasteiger partial charge in [-0.05, 0) is 63.3 Å². The number of oxime groups is 1. The molecule has 0 amide bonds. The van der Waals surface area contributed by atoms with Gasteiger partial charge in [0.05, 0.1) is 17.1 Å². The van der Waals surface area contributed by atoms with E-state index >= 15 is 0 Å². The molecule has 0 N–H and O–H groups in total. The van der Waals surface area contributed by atoms with E-state index in [4.69, 9.17) is 9.82 Å². The zero-order chi connectivity index (χ0) is 19.8. The number of rotatable bonds is 8. The van der Waals surface area contributed by atoms with Crippen LogP contribution in [0, 0.1) is 6.92 Å². The van der Waals surface area contributed by atoms with Crippen LogP contribution < -0.4 is 0 Å². The largest absolute Gasteiger partial charge is 0.396 e. The van der Waals surface area contributed by atoms with Crippen molar-refractivity contribution < 1.29 is 4.84 Å². The number of hydrogen-bond donors (Lipinski definition) is 0. The monoisotopic (exact) mass is 393 g/mol. The molecule has 3 rings (SSSR count). The summed E-state index contributed by atoms with van der Waals surface area (Å²) in [6.07, 6.45) is 5.36. The lowest BCUT2D eigenvalue weighted by atomic mass is 10.2.